The summed E-state index contributed by atoms with van der Waals surface area (Å²) in [6.07, 6.45) is -4.50. The molecule has 5 nitrogen and oxygen atoms in total. The number of rotatable bonds is 4. The van der Waals surface area contributed by atoms with E-state index in [2.05, 4.69) is 21.2 Å². The summed E-state index contributed by atoms with van der Waals surface area (Å²) in [4.78, 5) is 11.1. The molecule has 0 radical (unpaired) electrons. The van der Waals surface area contributed by atoms with E-state index in [0.717, 1.165) is 6.07 Å². The molecule has 9 heteroatoms. The van der Waals surface area contributed by atoms with Crippen LogP contribution >= 0.6 is 12.2 Å². The number of alkyl halides is 3. The number of halogens is 3. The number of carbonyl (C=O) groups excluding carboxylic acids is 1. The van der Waals surface area contributed by atoms with Gasteiger partial charge < -0.3 is 10.6 Å². The first kappa shape index (κ1) is 20.4. The van der Waals surface area contributed by atoms with Crippen molar-refractivity contribution in [2.75, 3.05) is 10.6 Å². The summed E-state index contributed by atoms with van der Waals surface area (Å²) in [6.45, 7) is 3.10. The van der Waals surface area contributed by atoms with Crippen molar-refractivity contribution in [3.63, 3.8) is 0 Å². The van der Waals surface area contributed by atoms with Crippen molar-refractivity contribution in [1.82, 2.24) is 5.43 Å². The number of hydrazone groups is 1. The highest BCUT2D eigenvalue weighted by molar-refractivity contribution is 7.80. The molecule has 142 valence electrons. The van der Waals surface area contributed by atoms with E-state index in [0.29, 0.717) is 17.0 Å². The normalized spacial score (nSPS) is 11.7. The lowest BCUT2D eigenvalue weighted by Gasteiger charge is -2.14. The van der Waals surface area contributed by atoms with Crippen LogP contribution in [0.3, 0.4) is 0 Å². The molecule has 1 amide bonds. The number of benzene rings is 2. The van der Waals surface area contributed by atoms with E-state index in [-0.39, 0.29) is 16.7 Å². The molecule has 0 aromatic heterocycles. The smallest absolute Gasteiger partial charge is 0.331 e. The molecule has 0 aliphatic carbocycles. The molecule has 0 fully saturated rings. The van der Waals surface area contributed by atoms with E-state index in [1.54, 1.807) is 31.2 Å². The molecule has 2 aromatic rings. The Kier molecular flexibility index (Phi) is 6.51. The van der Waals surface area contributed by atoms with Crippen LogP contribution in [0.1, 0.15) is 25.0 Å². The van der Waals surface area contributed by atoms with Gasteiger partial charge in [0.05, 0.1) is 17.0 Å². The van der Waals surface area contributed by atoms with Crippen molar-refractivity contribution in [2.24, 2.45) is 5.10 Å². The highest BCUT2D eigenvalue weighted by Crippen LogP contribution is 2.34. The van der Waals surface area contributed by atoms with Crippen LogP contribution in [0.15, 0.2) is 53.6 Å². The number of hydrogen-bond donors (Lipinski definition) is 3. The maximum absolute atomic E-state index is 13.0. The van der Waals surface area contributed by atoms with Crippen molar-refractivity contribution < 1.29 is 18.0 Å². The minimum Gasteiger partial charge on any atom is -0.331 e. The number of hydrogen-bond acceptors (Lipinski definition) is 3. The first-order valence-corrected chi connectivity index (χ1v) is 8.23. The van der Waals surface area contributed by atoms with Crippen molar-refractivity contribution >= 4 is 40.3 Å². The Labute approximate surface area is 159 Å². The number of nitrogens with one attached hydrogen (secondary N) is 3. The molecule has 0 saturated carbocycles. The maximum Gasteiger partial charge on any atom is 0.418 e. The zero-order valence-corrected chi connectivity index (χ0v) is 15.3. The summed E-state index contributed by atoms with van der Waals surface area (Å²) < 4.78 is 39.0. The Balaban J connectivity index is 2.08. The largest absolute Gasteiger partial charge is 0.418 e. The molecule has 0 aliphatic rings. The zero-order chi connectivity index (χ0) is 20.0. The molecule has 0 heterocycles. The highest BCUT2D eigenvalue weighted by atomic mass is 32.1. The number of thiocarbonyl (C=S) groups is 1. The minimum atomic E-state index is -4.50. The van der Waals surface area contributed by atoms with Crippen LogP contribution in [0.25, 0.3) is 0 Å². The third kappa shape index (κ3) is 6.07. The number of carbonyl (C=O) groups is 1. The summed E-state index contributed by atoms with van der Waals surface area (Å²) in [6, 6.07) is 12.0. The van der Waals surface area contributed by atoms with Crippen LogP contribution in [0.4, 0.5) is 24.5 Å². The molecule has 0 unspecified atom stereocenters. The molecular formula is C18H17F3N4OS. The monoisotopic (exact) mass is 394 g/mol. The number of anilines is 2. The van der Waals surface area contributed by atoms with Crippen molar-refractivity contribution in [1.29, 1.82) is 0 Å². The van der Waals surface area contributed by atoms with Crippen LogP contribution in [0.5, 0.6) is 0 Å². The van der Waals surface area contributed by atoms with Gasteiger partial charge in [-0.3, -0.25) is 10.2 Å². The molecule has 0 atom stereocenters. The van der Waals surface area contributed by atoms with Crippen LogP contribution in [-0.4, -0.2) is 16.7 Å². The predicted molar refractivity (Wildman–Crippen MR) is 104 cm³/mol. The summed E-state index contributed by atoms with van der Waals surface area (Å²) in [5.74, 6) is -0.200. The fraction of sp³-hybridized carbons (Fsp3) is 0.167. The van der Waals surface area contributed by atoms with Crippen molar-refractivity contribution in [3.05, 3.63) is 59.7 Å². The number of nitrogens with zero attached hydrogens (tertiary/aromatic N) is 1. The number of amides is 1. The van der Waals surface area contributed by atoms with Crippen LogP contribution in [0, 0.1) is 0 Å². The van der Waals surface area contributed by atoms with E-state index in [1.807, 2.05) is 0 Å². The Bertz CT molecular complexity index is 881. The molecule has 0 bridgehead atoms. The predicted octanol–water partition coefficient (Wildman–Crippen LogP) is 4.37. The van der Waals surface area contributed by atoms with Crippen LogP contribution < -0.4 is 16.1 Å². The van der Waals surface area contributed by atoms with Crippen molar-refractivity contribution in [2.45, 2.75) is 20.0 Å². The van der Waals surface area contributed by atoms with Gasteiger partial charge in [0.15, 0.2) is 5.11 Å². The Morgan fingerprint density at radius 2 is 1.74 bits per heavy atom. The van der Waals surface area contributed by atoms with Gasteiger partial charge in [-0.2, -0.15) is 18.3 Å². The van der Waals surface area contributed by atoms with Gasteiger partial charge in [0, 0.05) is 12.6 Å². The fourth-order valence-corrected chi connectivity index (χ4v) is 2.37. The average molecular weight is 394 g/mol. The quantitative estimate of drug-likeness (QED) is 0.409. The Hall–Kier alpha value is -2.94. The summed E-state index contributed by atoms with van der Waals surface area (Å²) in [5.41, 5.74) is 3.39. The average Bonchev–Trinajstić information content (AvgIpc) is 2.59. The lowest BCUT2D eigenvalue weighted by atomic mass is 10.1. The van der Waals surface area contributed by atoms with Gasteiger partial charge >= 0.3 is 6.18 Å². The van der Waals surface area contributed by atoms with Gasteiger partial charge in [-0.25, -0.2) is 0 Å². The third-order valence-electron chi connectivity index (χ3n) is 3.41. The second-order valence-electron chi connectivity index (χ2n) is 5.57. The SMILES string of the molecule is CC(=O)Nc1cccc(C(C)=NNC(=S)Nc2ccccc2C(F)(F)F)c1. The highest BCUT2D eigenvalue weighted by Gasteiger charge is 2.33. The second kappa shape index (κ2) is 8.63. The van der Waals surface area contributed by atoms with Gasteiger partial charge in [0.25, 0.3) is 0 Å². The maximum atomic E-state index is 13.0. The lowest BCUT2D eigenvalue weighted by Crippen LogP contribution is -2.26. The first-order valence-electron chi connectivity index (χ1n) is 7.82. The standard InChI is InChI=1S/C18H17F3N4OS/c1-11(13-6-5-7-14(10-13)22-12(2)26)24-25-17(27)23-16-9-4-3-8-15(16)18(19,20)21/h3-10H,1-2H3,(H,22,26)(H2,23,25,27). The molecule has 27 heavy (non-hydrogen) atoms. The van der Waals surface area contributed by atoms with Crippen molar-refractivity contribution in [3.8, 4) is 0 Å². The molecule has 0 spiro atoms. The van der Waals surface area contributed by atoms with Gasteiger partial charge in [-0.05, 0) is 49.0 Å². The third-order valence-corrected chi connectivity index (χ3v) is 3.60. The van der Waals surface area contributed by atoms with Crippen LogP contribution in [0.2, 0.25) is 0 Å². The molecule has 2 aromatic carbocycles. The molecular weight excluding hydrogens is 377 g/mol. The number of para-hydroxylation sites is 1. The molecule has 2 rings (SSSR count). The Morgan fingerprint density at radius 3 is 2.41 bits per heavy atom. The second-order valence-corrected chi connectivity index (χ2v) is 5.98. The summed E-state index contributed by atoms with van der Waals surface area (Å²) in [5, 5.41) is 9.15. The van der Waals surface area contributed by atoms with Gasteiger partial charge in [-0.15, -0.1) is 0 Å². The topological polar surface area (TPSA) is 65.5 Å². The van der Waals surface area contributed by atoms with Gasteiger partial charge in [0.1, 0.15) is 0 Å². The van der Waals surface area contributed by atoms with E-state index < -0.39 is 11.7 Å². The lowest BCUT2D eigenvalue weighted by molar-refractivity contribution is -0.136. The van der Waals surface area contributed by atoms with E-state index >= 15 is 0 Å². The van der Waals surface area contributed by atoms with E-state index in [1.165, 1.54) is 25.1 Å². The molecule has 0 saturated heterocycles. The first-order chi connectivity index (χ1) is 12.7. The zero-order valence-electron chi connectivity index (χ0n) is 14.5. The van der Waals surface area contributed by atoms with E-state index in [4.69, 9.17) is 12.2 Å². The van der Waals surface area contributed by atoms with E-state index in [9.17, 15) is 18.0 Å². The van der Waals surface area contributed by atoms with Gasteiger partial charge in [-0.1, -0.05) is 24.3 Å². The summed E-state index contributed by atoms with van der Waals surface area (Å²) >= 11 is 5.02. The Morgan fingerprint density at radius 1 is 1.04 bits per heavy atom. The van der Waals surface area contributed by atoms with Gasteiger partial charge in [0.2, 0.25) is 5.91 Å². The summed E-state index contributed by atoms with van der Waals surface area (Å²) in [7, 11) is 0. The fourth-order valence-electron chi connectivity index (χ4n) is 2.21. The van der Waals surface area contributed by atoms with Crippen LogP contribution in [-0.2, 0) is 11.0 Å². The minimum absolute atomic E-state index is 0.0796. The molecule has 3 N–H and O–H groups in total. The molecule has 0 aliphatic heterocycles.